The molecule has 2 N–H and O–H groups in total. The van der Waals surface area contributed by atoms with Crippen molar-refractivity contribution in [1.82, 2.24) is 9.97 Å². The van der Waals surface area contributed by atoms with Crippen LogP contribution in [0.3, 0.4) is 0 Å². The van der Waals surface area contributed by atoms with Crippen LogP contribution in [-0.2, 0) is 17.6 Å². The summed E-state index contributed by atoms with van der Waals surface area (Å²) in [4.78, 5) is 11.6. The van der Waals surface area contributed by atoms with E-state index in [1.165, 1.54) is 35.4 Å². The van der Waals surface area contributed by atoms with Crippen molar-refractivity contribution in [2.24, 2.45) is 4.99 Å². The van der Waals surface area contributed by atoms with Crippen molar-refractivity contribution in [2.45, 2.75) is 33.1 Å². The monoisotopic (exact) mass is 307 g/mol. The van der Waals surface area contributed by atoms with Crippen molar-refractivity contribution >= 4 is 11.3 Å². The van der Waals surface area contributed by atoms with Gasteiger partial charge in [0.15, 0.2) is 0 Å². The van der Waals surface area contributed by atoms with E-state index in [1.54, 1.807) is 7.11 Å². The van der Waals surface area contributed by atoms with Crippen LogP contribution in [0.5, 0.6) is 0 Å². The fourth-order valence-electron chi connectivity index (χ4n) is 3.66. The van der Waals surface area contributed by atoms with Crippen molar-refractivity contribution < 1.29 is 4.74 Å². The fraction of sp³-hybridized carbons (Fsp3) is 0.316. The second-order valence-electron chi connectivity index (χ2n) is 6.20. The van der Waals surface area contributed by atoms with Gasteiger partial charge in [0.1, 0.15) is 11.5 Å². The van der Waals surface area contributed by atoms with Crippen molar-refractivity contribution in [3.63, 3.8) is 0 Å². The maximum absolute atomic E-state index is 5.58. The minimum atomic E-state index is 0.825. The Morgan fingerprint density at radius 2 is 2.09 bits per heavy atom. The summed E-state index contributed by atoms with van der Waals surface area (Å²) in [5, 5.41) is 0. The Hall–Kier alpha value is -2.49. The summed E-state index contributed by atoms with van der Waals surface area (Å²) in [6.45, 7) is 4.30. The number of aryl methyl sites for hydroxylation is 1. The normalized spacial score (nSPS) is 18.7. The maximum atomic E-state index is 5.58. The molecule has 0 amide bonds. The molecule has 4 rings (SSSR count). The fourth-order valence-corrected chi connectivity index (χ4v) is 3.66. The van der Waals surface area contributed by atoms with Crippen molar-refractivity contribution in [1.29, 1.82) is 0 Å². The molecule has 0 atom stereocenters. The lowest BCUT2D eigenvalue weighted by atomic mass is 10.1. The lowest BCUT2D eigenvalue weighted by molar-refractivity contribution is 0.302. The van der Waals surface area contributed by atoms with Gasteiger partial charge in [-0.1, -0.05) is 0 Å². The predicted octanol–water partition coefficient (Wildman–Crippen LogP) is 3.90. The highest BCUT2D eigenvalue weighted by Crippen LogP contribution is 2.36. The minimum absolute atomic E-state index is 0.825. The van der Waals surface area contributed by atoms with Crippen LogP contribution in [0.4, 0.5) is 0 Å². The summed E-state index contributed by atoms with van der Waals surface area (Å²) in [6, 6.07) is 4.01. The highest BCUT2D eigenvalue weighted by atomic mass is 16.5. The Balaban J connectivity index is 1.83. The third kappa shape index (κ3) is 2.17. The molecule has 1 aliphatic heterocycles. The predicted molar refractivity (Wildman–Crippen MR) is 92.6 cm³/mol. The number of aromatic nitrogens is 2. The largest absolute Gasteiger partial charge is 0.494 e. The first kappa shape index (κ1) is 14.1. The number of aliphatic imine (C=N–C) groups is 1. The Kier molecular flexibility index (Phi) is 3.26. The molecule has 0 radical (unpaired) electrons. The Morgan fingerprint density at radius 1 is 1.26 bits per heavy atom. The van der Waals surface area contributed by atoms with Crippen LogP contribution in [0, 0.1) is 6.92 Å². The molecule has 2 aromatic heterocycles. The number of hydrogen-bond acceptors (Lipinski definition) is 2. The molecule has 3 heterocycles. The second-order valence-corrected chi connectivity index (χ2v) is 6.20. The number of H-pyrrole nitrogens is 2. The molecular formula is C19H21N3O. The van der Waals surface area contributed by atoms with Gasteiger partial charge in [0, 0.05) is 29.2 Å². The van der Waals surface area contributed by atoms with E-state index in [-0.39, 0.29) is 0 Å². The van der Waals surface area contributed by atoms with Crippen molar-refractivity contribution in [3.8, 4) is 0 Å². The van der Waals surface area contributed by atoms with Gasteiger partial charge in [-0.2, -0.15) is 0 Å². The van der Waals surface area contributed by atoms with Gasteiger partial charge in [0.2, 0.25) is 0 Å². The molecule has 0 saturated heterocycles. The van der Waals surface area contributed by atoms with E-state index in [2.05, 4.69) is 23.8 Å². The van der Waals surface area contributed by atoms with Crippen LogP contribution in [0.2, 0.25) is 0 Å². The Labute approximate surface area is 136 Å². The number of fused-ring (bicyclic) bond motifs is 1. The number of nitrogens with one attached hydrogen (secondary N) is 2. The molecular weight excluding hydrogens is 286 g/mol. The lowest BCUT2D eigenvalue weighted by Gasteiger charge is -2.08. The van der Waals surface area contributed by atoms with Crippen LogP contribution in [-0.4, -0.2) is 22.8 Å². The standard InChI is InChI=1S/C19H21N3O/c1-11(18-14-7-4-6-13(14)12(2)21-18)19-17(23-3)10-16(22-19)15-8-5-9-20-15/h5,8-10,20-21H,4,6-7H2,1-3H3. The molecule has 0 bridgehead atoms. The van der Waals surface area contributed by atoms with E-state index in [0.29, 0.717) is 0 Å². The molecule has 1 aliphatic carbocycles. The van der Waals surface area contributed by atoms with E-state index in [4.69, 9.17) is 9.73 Å². The summed E-state index contributed by atoms with van der Waals surface area (Å²) >= 11 is 0. The molecule has 2 aliphatic rings. The summed E-state index contributed by atoms with van der Waals surface area (Å²) in [5.74, 6) is 0.825. The minimum Gasteiger partial charge on any atom is -0.494 e. The molecule has 118 valence electrons. The topological polar surface area (TPSA) is 53.2 Å². The van der Waals surface area contributed by atoms with Gasteiger partial charge in [-0.15, -0.1) is 0 Å². The summed E-state index contributed by atoms with van der Waals surface area (Å²) in [6.07, 6.45) is 7.50. The van der Waals surface area contributed by atoms with Crippen LogP contribution in [0.15, 0.2) is 40.9 Å². The van der Waals surface area contributed by atoms with Gasteiger partial charge in [0.05, 0.1) is 18.5 Å². The second kappa shape index (κ2) is 5.30. The van der Waals surface area contributed by atoms with Crippen LogP contribution in [0.25, 0.3) is 5.57 Å². The average Bonchev–Trinajstić information content (AvgIpc) is 3.32. The molecule has 23 heavy (non-hydrogen) atoms. The number of hydrogen-bond donors (Lipinski definition) is 2. The number of rotatable bonds is 3. The lowest BCUT2D eigenvalue weighted by Crippen LogP contribution is -1.94. The van der Waals surface area contributed by atoms with Crippen LogP contribution >= 0.6 is 0 Å². The molecule has 4 nitrogen and oxygen atoms in total. The van der Waals surface area contributed by atoms with E-state index in [0.717, 1.165) is 34.9 Å². The molecule has 0 spiro atoms. The first-order valence-electron chi connectivity index (χ1n) is 8.09. The Bertz CT molecular complexity index is 848. The molecule has 0 aromatic carbocycles. The van der Waals surface area contributed by atoms with Gasteiger partial charge in [-0.05, 0) is 56.4 Å². The molecule has 0 unspecified atom stereocenters. The highest BCUT2D eigenvalue weighted by molar-refractivity contribution is 6.11. The first-order valence-corrected chi connectivity index (χ1v) is 8.09. The van der Waals surface area contributed by atoms with Crippen LogP contribution < -0.4 is 0 Å². The van der Waals surface area contributed by atoms with Gasteiger partial charge in [0.25, 0.3) is 0 Å². The smallest absolute Gasteiger partial charge is 0.147 e. The van der Waals surface area contributed by atoms with E-state index < -0.39 is 0 Å². The molecule has 2 aromatic rings. The summed E-state index contributed by atoms with van der Waals surface area (Å²) in [5.41, 5.74) is 9.49. The van der Waals surface area contributed by atoms with Crippen molar-refractivity contribution in [2.75, 3.05) is 7.11 Å². The van der Waals surface area contributed by atoms with Gasteiger partial charge >= 0.3 is 0 Å². The van der Waals surface area contributed by atoms with E-state index >= 15 is 0 Å². The van der Waals surface area contributed by atoms with E-state index in [9.17, 15) is 0 Å². The molecule has 4 heteroatoms. The van der Waals surface area contributed by atoms with Gasteiger partial charge < -0.3 is 14.7 Å². The summed E-state index contributed by atoms with van der Waals surface area (Å²) in [7, 11) is 1.71. The average molecular weight is 307 g/mol. The third-order valence-corrected chi connectivity index (χ3v) is 4.84. The number of ether oxygens (including phenoxy) is 1. The third-order valence-electron chi connectivity index (χ3n) is 4.84. The van der Waals surface area contributed by atoms with Gasteiger partial charge in [-0.25, -0.2) is 4.99 Å². The van der Waals surface area contributed by atoms with Crippen molar-refractivity contribution in [3.05, 3.63) is 64.1 Å². The SMILES string of the molecule is COC1=CC(c2ccc[nH]2)=NC1=C(C)c1[nH]c(C)c2c1CCC2. The van der Waals surface area contributed by atoms with Crippen LogP contribution in [0.1, 0.15) is 41.6 Å². The molecule has 0 fully saturated rings. The first-order chi connectivity index (χ1) is 11.2. The zero-order chi connectivity index (χ0) is 16.0. The van der Waals surface area contributed by atoms with Gasteiger partial charge in [-0.3, -0.25) is 0 Å². The maximum Gasteiger partial charge on any atom is 0.147 e. The zero-order valence-corrected chi connectivity index (χ0v) is 13.8. The number of aromatic amines is 2. The number of allylic oxidation sites excluding steroid dienone is 2. The molecule has 0 saturated carbocycles. The Morgan fingerprint density at radius 3 is 2.83 bits per heavy atom. The highest BCUT2D eigenvalue weighted by Gasteiger charge is 2.25. The van der Waals surface area contributed by atoms with E-state index in [1.807, 2.05) is 24.4 Å². The summed E-state index contributed by atoms with van der Waals surface area (Å²) < 4.78 is 5.58. The number of methoxy groups -OCH3 is 1. The quantitative estimate of drug-likeness (QED) is 0.887. The number of nitrogens with zero attached hydrogens (tertiary/aromatic N) is 1. The zero-order valence-electron chi connectivity index (χ0n) is 13.8.